The van der Waals surface area contributed by atoms with Crippen LogP contribution in [0.3, 0.4) is 0 Å². The second kappa shape index (κ2) is 7.52. The molecule has 0 bridgehead atoms. The molecule has 3 fully saturated rings. The molecule has 23 heavy (non-hydrogen) atoms. The van der Waals surface area contributed by atoms with Crippen molar-refractivity contribution in [2.45, 2.75) is 83.3 Å². The molecule has 1 amide bonds. The highest BCUT2D eigenvalue weighted by molar-refractivity contribution is 5.73. The van der Waals surface area contributed by atoms with E-state index in [9.17, 15) is 9.90 Å². The Morgan fingerprint density at radius 1 is 0.957 bits per heavy atom. The van der Waals surface area contributed by atoms with Crippen molar-refractivity contribution in [3.05, 3.63) is 0 Å². The zero-order valence-corrected chi connectivity index (χ0v) is 14.8. The molecule has 0 aromatic heterocycles. The number of aliphatic hydroxyl groups is 1. The smallest absolute Gasteiger partial charge is 0.219 e. The van der Waals surface area contributed by atoms with Gasteiger partial charge in [0.05, 0.1) is 6.10 Å². The molecule has 0 aromatic rings. The van der Waals surface area contributed by atoms with Crippen molar-refractivity contribution in [1.29, 1.82) is 0 Å². The summed E-state index contributed by atoms with van der Waals surface area (Å²) in [4.78, 5) is 16.5. The van der Waals surface area contributed by atoms with Gasteiger partial charge in [0.15, 0.2) is 0 Å². The summed E-state index contributed by atoms with van der Waals surface area (Å²) >= 11 is 0. The van der Waals surface area contributed by atoms with E-state index in [4.69, 9.17) is 0 Å². The Hall–Kier alpha value is -0.610. The zero-order chi connectivity index (χ0) is 16.3. The Morgan fingerprint density at radius 3 is 2.35 bits per heavy atom. The van der Waals surface area contributed by atoms with Crippen LogP contribution < -0.4 is 0 Å². The maximum Gasteiger partial charge on any atom is 0.219 e. The molecule has 1 spiro atoms. The van der Waals surface area contributed by atoms with E-state index >= 15 is 0 Å². The lowest BCUT2D eigenvalue weighted by molar-refractivity contribution is -0.140. The molecule has 1 saturated carbocycles. The van der Waals surface area contributed by atoms with Crippen LogP contribution in [-0.4, -0.2) is 59.1 Å². The molecule has 4 heteroatoms. The molecule has 3 aliphatic rings. The van der Waals surface area contributed by atoms with Crippen molar-refractivity contribution in [3.8, 4) is 0 Å². The molecule has 4 nitrogen and oxygen atoms in total. The summed E-state index contributed by atoms with van der Waals surface area (Å²) in [5, 5.41) is 10.7. The fraction of sp³-hybridized carbons (Fsp3) is 0.947. The SMILES string of the molecule is CC(=O)N1CCC[C@]2(C1)CN(C1CCCCCCC1)CC[C@H]2O. The first kappa shape index (κ1) is 17.2. The van der Waals surface area contributed by atoms with Crippen molar-refractivity contribution in [3.63, 3.8) is 0 Å². The zero-order valence-electron chi connectivity index (χ0n) is 14.8. The van der Waals surface area contributed by atoms with Crippen LogP contribution in [0, 0.1) is 5.41 Å². The van der Waals surface area contributed by atoms with Crippen LogP contribution in [0.25, 0.3) is 0 Å². The summed E-state index contributed by atoms with van der Waals surface area (Å²) in [5.41, 5.74) is -0.0788. The number of likely N-dealkylation sites (tertiary alicyclic amines) is 2. The van der Waals surface area contributed by atoms with Crippen molar-refractivity contribution < 1.29 is 9.90 Å². The topological polar surface area (TPSA) is 43.8 Å². The van der Waals surface area contributed by atoms with Gasteiger partial charge in [0.25, 0.3) is 0 Å². The van der Waals surface area contributed by atoms with Crippen molar-refractivity contribution >= 4 is 5.91 Å². The minimum atomic E-state index is -0.241. The standard InChI is InChI=1S/C19H34N2O2/c1-16(22)20-12-7-11-19(14-20)15-21(13-10-18(19)23)17-8-5-3-2-4-6-9-17/h17-18,23H,2-15H2,1H3/t18-,19+/m1/s1. The summed E-state index contributed by atoms with van der Waals surface area (Å²) in [6.45, 7) is 5.32. The first-order valence-corrected chi connectivity index (χ1v) is 9.78. The predicted molar refractivity (Wildman–Crippen MR) is 92.2 cm³/mol. The number of nitrogens with zero attached hydrogens (tertiary/aromatic N) is 2. The van der Waals surface area contributed by atoms with E-state index in [0.717, 1.165) is 45.4 Å². The van der Waals surface area contributed by atoms with Gasteiger partial charge >= 0.3 is 0 Å². The second-order valence-electron chi connectivity index (χ2n) is 8.18. The Bertz CT molecular complexity index is 406. The van der Waals surface area contributed by atoms with Crippen LogP contribution in [0.1, 0.15) is 71.1 Å². The summed E-state index contributed by atoms with van der Waals surface area (Å²) in [6.07, 6.45) is 12.3. The molecule has 132 valence electrons. The van der Waals surface area contributed by atoms with Crippen LogP contribution in [-0.2, 0) is 4.79 Å². The summed E-state index contributed by atoms with van der Waals surface area (Å²) in [5.74, 6) is 0.166. The molecule has 2 atom stereocenters. The lowest BCUT2D eigenvalue weighted by atomic mass is 9.71. The minimum absolute atomic E-state index is 0.0788. The number of carbonyl (C=O) groups excluding carboxylic acids is 1. The largest absolute Gasteiger partial charge is 0.392 e. The van der Waals surface area contributed by atoms with E-state index in [0.29, 0.717) is 6.04 Å². The third kappa shape index (κ3) is 3.90. The monoisotopic (exact) mass is 322 g/mol. The van der Waals surface area contributed by atoms with Crippen LogP contribution in [0.5, 0.6) is 0 Å². The first-order valence-electron chi connectivity index (χ1n) is 9.78. The molecule has 1 N–H and O–H groups in total. The molecule has 0 unspecified atom stereocenters. The molecule has 2 saturated heterocycles. The van der Waals surface area contributed by atoms with Gasteiger partial charge in [-0.1, -0.05) is 32.1 Å². The van der Waals surface area contributed by atoms with Gasteiger partial charge < -0.3 is 10.0 Å². The fourth-order valence-electron chi connectivity index (χ4n) is 5.12. The Labute approximate surface area is 141 Å². The van der Waals surface area contributed by atoms with E-state index in [1.54, 1.807) is 6.92 Å². The van der Waals surface area contributed by atoms with Gasteiger partial charge in [0.1, 0.15) is 0 Å². The lowest BCUT2D eigenvalue weighted by Crippen LogP contribution is -2.61. The van der Waals surface area contributed by atoms with E-state index < -0.39 is 0 Å². The molecule has 3 rings (SSSR count). The molecule has 2 aliphatic heterocycles. The van der Waals surface area contributed by atoms with Crippen LogP contribution in [0.4, 0.5) is 0 Å². The molecule has 1 aliphatic carbocycles. The van der Waals surface area contributed by atoms with Crippen molar-refractivity contribution in [1.82, 2.24) is 9.80 Å². The maximum atomic E-state index is 11.8. The molecular weight excluding hydrogens is 288 g/mol. The Balaban J connectivity index is 1.69. The summed E-state index contributed by atoms with van der Waals surface area (Å²) < 4.78 is 0. The van der Waals surface area contributed by atoms with E-state index in [1.165, 1.54) is 44.9 Å². The second-order valence-corrected chi connectivity index (χ2v) is 8.18. The number of amides is 1. The van der Waals surface area contributed by atoms with E-state index in [2.05, 4.69) is 4.90 Å². The summed E-state index contributed by atoms with van der Waals surface area (Å²) in [6, 6.07) is 0.701. The average Bonchev–Trinajstić information content (AvgIpc) is 2.50. The van der Waals surface area contributed by atoms with E-state index in [1.807, 2.05) is 4.90 Å². The molecule has 0 aromatic carbocycles. The molecule has 0 radical (unpaired) electrons. The number of aliphatic hydroxyl groups excluding tert-OH is 1. The quantitative estimate of drug-likeness (QED) is 0.807. The number of rotatable bonds is 1. The summed E-state index contributed by atoms with van der Waals surface area (Å²) in [7, 11) is 0. The van der Waals surface area contributed by atoms with Gasteiger partial charge in [-0.05, 0) is 32.1 Å². The number of hydrogen-bond acceptors (Lipinski definition) is 3. The Kier molecular flexibility index (Phi) is 5.63. The number of hydrogen-bond donors (Lipinski definition) is 1. The fourth-order valence-corrected chi connectivity index (χ4v) is 5.12. The third-order valence-corrected chi connectivity index (χ3v) is 6.56. The number of carbonyl (C=O) groups is 1. The third-order valence-electron chi connectivity index (χ3n) is 6.56. The highest BCUT2D eigenvalue weighted by atomic mass is 16.3. The lowest BCUT2D eigenvalue weighted by Gasteiger charge is -2.52. The number of piperidine rings is 2. The van der Waals surface area contributed by atoms with Gasteiger partial charge in [-0.3, -0.25) is 9.69 Å². The van der Waals surface area contributed by atoms with Gasteiger partial charge in [-0.25, -0.2) is 0 Å². The van der Waals surface area contributed by atoms with Crippen LogP contribution in [0.15, 0.2) is 0 Å². The van der Waals surface area contributed by atoms with Gasteiger partial charge in [0.2, 0.25) is 5.91 Å². The van der Waals surface area contributed by atoms with Crippen LogP contribution >= 0.6 is 0 Å². The molecular formula is C19H34N2O2. The molecule has 2 heterocycles. The van der Waals surface area contributed by atoms with Crippen LogP contribution in [0.2, 0.25) is 0 Å². The van der Waals surface area contributed by atoms with Gasteiger partial charge in [-0.2, -0.15) is 0 Å². The highest BCUT2D eigenvalue weighted by Gasteiger charge is 2.46. The predicted octanol–water partition coefficient (Wildman–Crippen LogP) is 2.79. The normalized spacial score (nSPS) is 35.0. The van der Waals surface area contributed by atoms with Gasteiger partial charge in [0, 0.05) is 44.6 Å². The maximum absolute atomic E-state index is 11.8. The highest BCUT2D eigenvalue weighted by Crippen LogP contribution is 2.40. The van der Waals surface area contributed by atoms with Crippen molar-refractivity contribution in [2.75, 3.05) is 26.2 Å². The van der Waals surface area contributed by atoms with E-state index in [-0.39, 0.29) is 17.4 Å². The minimum Gasteiger partial charge on any atom is -0.392 e. The van der Waals surface area contributed by atoms with Crippen molar-refractivity contribution in [2.24, 2.45) is 5.41 Å². The van der Waals surface area contributed by atoms with Gasteiger partial charge in [-0.15, -0.1) is 0 Å². The first-order chi connectivity index (χ1) is 11.1. The average molecular weight is 322 g/mol. The Morgan fingerprint density at radius 2 is 1.65 bits per heavy atom.